The van der Waals surface area contributed by atoms with Crippen LogP contribution in [0.1, 0.15) is 19.8 Å². The van der Waals surface area contributed by atoms with Gasteiger partial charge in [-0.05, 0) is 18.8 Å². The van der Waals surface area contributed by atoms with Crippen LogP contribution in [0.4, 0.5) is 0 Å². The maximum absolute atomic E-state index is 9.85. The SMILES string of the molecule is CC1CCCN(N=C=O)C1. The summed E-state index contributed by atoms with van der Waals surface area (Å²) in [5, 5.41) is 5.35. The van der Waals surface area contributed by atoms with Crippen molar-refractivity contribution < 1.29 is 4.79 Å². The van der Waals surface area contributed by atoms with Crippen molar-refractivity contribution in [1.29, 1.82) is 0 Å². The molecule has 0 saturated carbocycles. The second-order valence-electron chi connectivity index (χ2n) is 2.85. The number of rotatable bonds is 1. The molecule has 0 aromatic carbocycles. The Balaban J connectivity index is 2.39. The predicted molar refractivity (Wildman–Crippen MR) is 38.1 cm³/mol. The number of piperidine rings is 1. The molecule has 0 amide bonds. The van der Waals surface area contributed by atoms with Crippen molar-refractivity contribution in [2.75, 3.05) is 13.1 Å². The Bertz CT molecular complexity index is 152. The summed E-state index contributed by atoms with van der Waals surface area (Å²) in [5.74, 6) is 0.672. The Morgan fingerprint density at radius 1 is 1.70 bits per heavy atom. The molecule has 1 aliphatic heterocycles. The molecule has 1 aliphatic rings. The zero-order valence-corrected chi connectivity index (χ0v) is 6.21. The summed E-state index contributed by atoms with van der Waals surface area (Å²) in [5.41, 5.74) is 0. The third-order valence-corrected chi connectivity index (χ3v) is 1.82. The van der Waals surface area contributed by atoms with E-state index in [-0.39, 0.29) is 0 Å². The number of isocyanates is 1. The minimum atomic E-state index is 0.672. The summed E-state index contributed by atoms with van der Waals surface area (Å²) >= 11 is 0. The normalized spacial score (nSPS) is 25.7. The van der Waals surface area contributed by atoms with Crippen molar-refractivity contribution in [3.8, 4) is 0 Å². The lowest BCUT2D eigenvalue weighted by molar-refractivity contribution is 0.191. The molecule has 0 N–H and O–H groups in total. The standard InChI is InChI=1S/C7H12N2O/c1-7-3-2-4-9(5-7)8-6-10/h7H,2-5H2,1H3. The van der Waals surface area contributed by atoms with Crippen molar-refractivity contribution in [2.24, 2.45) is 11.0 Å². The molecule has 0 aromatic rings. The molecule has 1 heterocycles. The van der Waals surface area contributed by atoms with E-state index in [0.29, 0.717) is 5.92 Å². The molecule has 3 heteroatoms. The summed E-state index contributed by atoms with van der Waals surface area (Å²) < 4.78 is 0. The molecular weight excluding hydrogens is 128 g/mol. The molecule has 1 atom stereocenters. The summed E-state index contributed by atoms with van der Waals surface area (Å²) in [6, 6.07) is 0. The van der Waals surface area contributed by atoms with Gasteiger partial charge in [-0.25, -0.2) is 4.79 Å². The van der Waals surface area contributed by atoms with E-state index in [2.05, 4.69) is 12.0 Å². The molecule has 10 heavy (non-hydrogen) atoms. The first kappa shape index (κ1) is 7.29. The van der Waals surface area contributed by atoms with Gasteiger partial charge in [0.1, 0.15) is 0 Å². The van der Waals surface area contributed by atoms with E-state index in [1.165, 1.54) is 6.42 Å². The number of hydrogen-bond donors (Lipinski definition) is 0. The van der Waals surface area contributed by atoms with Crippen LogP contribution in [0.15, 0.2) is 5.10 Å². The van der Waals surface area contributed by atoms with E-state index >= 15 is 0 Å². The Morgan fingerprint density at radius 3 is 3.10 bits per heavy atom. The first-order valence-corrected chi connectivity index (χ1v) is 3.65. The van der Waals surface area contributed by atoms with E-state index in [1.54, 1.807) is 11.1 Å². The average molecular weight is 140 g/mol. The van der Waals surface area contributed by atoms with Crippen LogP contribution >= 0.6 is 0 Å². The molecule has 0 aliphatic carbocycles. The highest BCUT2D eigenvalue weighted by atomic mass is 16.1. The van der Waals surface area contributed by atoms with Gasteiger partial charge in [-0.15, -0.1) is 0 Å². The molecule has 1 rings (SSSR count). The van der Waals surface area contributed by atoms with Crippen LogP contribution < -0.4 is 0 Å². The number of hydrogen-bond acceptors (Lipinski definition) is 3. The Kier molecular flexibility index (Phi) is 2.46. The smallest absolute Gasteiger partial charge is 0.258 e. The zero-order valence-electron chi connectivity index (χ0n) is 6.21. The predicted octanol–water partition coefficient (Wildman–Crippen LogP) is 0.969. The van der Waals surface area contributed by atoms with Gasteiger partial charge in [0.25, 0.3) is 6.08 Å². The molecule has 0 radical (unpaired) electrons. The molecule has 0 spiro atoms. The summed E-state index contributed by atoms with van der Waals surface area (Å²) in [6.07, 6.45) is 3.96. The lowest BCUT2D eigenvalue weighted by atomic mass is 10.0. The Labute approximate surface area is 60.7 Å². The lowest BCUT2D eigenvalue weighted by Crippen LogP contribution is -2.29. The zero-order chi connectivity index (χ0) is 7.40. The third kappa shape index (κ3) is 1.85. The maximum atomic E-state index is 9.85. The first-order valence-electron chi connectivity index (χ1n) is 3.65. The quantitative estimate of drug-likeness (QED) is 0.401. The van der Waals surface area contributed by atoms with Gasteiger partial charge in [0, 0.05) is 13.1 Å². The van der Waals surface area contributed by atoms with E-state index in [4.69, 9.17) is 0 Å². The molecular formula is C7H12N2O. The average Bonchev–Trinajstić information content (AvgIpc) is 1.88. The second kappa shape index (κ2) is 3.37. The number of nitrogens with zero attached hydrogens (tertiary/aromatic N) is 2. The molecule has 3 nitrogen and oxygen atoms in total. The molecule has 1 saturated heterocycles. The molecule has 56 valence electrons. The van der Waals surface area contributed by atoms with Crippen molar-refractivity contribution in [1.82, 2.24) is 5.01 Å². The van der Waals surface area contributed by atoms with Gasteiger partial charge in [0.15, 0.2) is 0 Å². The van der Waals surface area contributed by atoms with Crippen LogP contribution in [0.25, 0.3) is 0 Å². The van der Waals surface area contributed by atoms with Crippen LogP contribution in [-0.4, -0.2) is 24.2 Å². The molecule has 1 fully saturated rings. The number of hydrazone groups is 1. The summed E-state index contributed by atoms with van der Waals surface area (Å²) in [4.78, 5) is 9.85. The van der Waals surface area contributed by atoms with Gasteiger partial charge < -0.3 is 0 Å². The fourth-order valence-corrected chi connectivity index (χ4v) is 1.31. The Morgan fingerprint density at radius 2 is 2.50 bits per heavy atom. The summed E-state index contributed by atoms with van der Waals surface area (Å²) in [6.45, 7) is 4.00. The highest BCUT2D eigenvalue weighted by molar-refractivity contribution is 5.32. The van der Waals surface area contributed by atoms with Gasteiger partial charge in [0.05, 0.1) is 0 Å². The van der Waals surface area contributed by atoms with Crippen LogP contribution in [-0.2, 0) is 4.79 Å². The molecule has 0 bridgehead atoms. The second-order valence-corrected chi connectivity index (χ2v) is 2.85. The van der Waals surface area contributed by atoms with E-state index in [0.717, 1.165) is 19.5 Å². The Hall–Kier alpha value is -0.820. The van der Waals surface area contributed by atoms with Crippen molar-refractivity contribution >= 4 is 6.08 Å². The van der Waals surface area contributed by atoms with E-state index < -0.39 is 0 Å². The van der Waals surface area contributed by atoms with Gasteiger partial charge in [-0.3, -0.25) is 5.01 Å². The van der Waals surface area contributed by atoms with Crippen molar-refractivity contribution in [2.45, 2.75) is 19.8 Å². The minimum absolute atomic E-state index is 0.672. The number of carbonyl (C=O) groups excluding carboxylic acids is 1. The van der Waals surface area contributed by atoms with Crippen LogP contribution in [0.2, 0.25) is 0 Å². The fourth-order valence-electron chi connectivity index (χ4n) is 1.31. The molecule has 0 aromatic heterocycles. The topological polar surface area (TPSA) is 32.7 Å². The molecule has 1 unspecified atom stereocenters. The first-order chi connectivity index (χ1) is 4.83. The summed E-state index contributed by atoms with van der Waals surface area (Å²) in [7, 11) is 0. The monoisotopic (exact) mass is 140 g/mol. The highest BCUT2D eigenvalue weighted by Gasteiger charge is 2.13. The lowest BCUT2D eigenvalue weighted by Gasteiger charge is -2.26. The van der Waals surface area contributed by atoms with Crippen LogP contribution in [0.5, 0.6) is 0 Å². The largest absolute Gasteiger partial charge is 0.286 e. The van der Waals surface area contributed by atoms with Gasteiger partial charge in [-0.1, -0.05) is 12.0 Å². The third-order valence-electron chi connectivity index (χ3n) is 1.82. The van der Waals surface area contributed by atoms with E-state index in [9.17, 15) is 4.79 Å². The minimum Gasteiger partial charge on any atom is -0.286 e. The highest BCUT2D eigenvalue weighted by Crippen LogP contribution is 2.14. The van der Waals surface area contributed by atoms with Gasteiger partial charge in [0.2, 0.25) is 0 Å². The van der Waals surface area contributed by atoms with Crippen LogP contribution in [0, 0.1) is 5.92 Å². The van der Waals surface area contributed by atoms with Crippen molar-refractivity contribution in [3.63, 3.8) is 0 Å². The van der Waals surface area contributed by atoms with Gasteiger partial charge >= 0.3 is 0 Å². The van der Waals surface area contributed by atoms with Crippen molar-refractivity contribution in [3.05, 3.63) is 0 Å². The van der Waals surface area contributed by atoms with E-state index in [1.807, 2.05) is 0 Å². The van der Waals surface area contributed by atoms with Gasteiger partial charge in [-0.2, -0.15) is 0 Å². The maximum Gasteiger partial charge on any atom is 0.258 e. The fraction of sp³-hybridized carbons (Fsp3) is 0.857. The van der Waals surface area contributed by atoms with Crippen LogP contribution in [0.3, 0.4) is 0 Å².